The van der Waals surface area contributed by atoms with Crippen LogP contribution in [0.1, 0.15) is 67.3 Å². The van der Waals surface area contributed by atoms with E-state index in [0.29, 0.717) is 12.5 Å². The van der Waals surface area contributed by atoms with Crippen LogP contribution in [0.3, 0.4) is 0 Å². The summed E-state index contributed by atoms with van der Waals surface area (Å²) in [5.74, 6) is 0.248. The molecule has 0 radical (unpaired) electrons. The van der Waals surface area contributed by atoms with Crippen molar-refractivity contribution < 1.29 is 9.59 Å². The van der Waals surface area contributed by atoms with Crippen LogP contribution in [0.25, 0.3) is 0 Å². The Morgan fingerprint density at radius 2 is 1.38 bits per heavy atom. The van der Waals surface area contributed by atoms with Gasteiger partial charge in [0.05, 0.1) is 12.0 Å². The summed E-state index contributed by atoms with van der Waals surface area (Å²) >= 11 is 0. The predicted octanol–water partition coefficient (Wildman–Crippen LogP) is 4.49. The monoisotopic (exact) mass is 502 g/mol. The highest BCUT2D eigenvalue weighted by Gasteiger charge is 2.29. The minimum atomic E-state index is 0.0863. The number of hydrogen-bond donors (Lipinski definition) is 1. The number of hydrogen-bond acceptors (Lipinski definition) is 4. The Morgan fingerprint density at radius 1 is 0.730 bits per heavy atom. The zero-order chi connectivity index (χ0) is 25.5. The zero-order valence-electron chi connectivity index (χ0n) is 22.1. The Kier molecular flexibility index (Phi) is 8.77. The molecule has 0 spiro atoms. The highest BCUT2D eigenvalue weighted by Crippen LogP contribution is 2.27. The smallest absolute Gasteiger partial charge is 0.256 e. The van der Waals surface area contributed by atoms with Crippen LogP contribution in [0.4, 0.5) is 5.69 Å². The third-order valence-electron chi connectivity index (χ3n) is 8.49. The van der Waals surface area contributed by atoms with E-state index >= 15 is 0 Å². The molecule has 2 aliphatic heterocycles. The summed E-state index contributed by atoms with van der Waals surface area (Å²) in [5.41, 5.74) is 2.89. The van der Waals surface area contributed by atoms with Crippen molar-refractivity contribution in [1.29, 1.82) is 0 Å². The number of amides is 2. The van der Waals surface area contributed by atoms with Gasteiger partial charge in [0.15, 0.2) is 0 Å². The molecule has 6 heteroatoms. The molecule has 0 atom stereocenters. The number of benzene rings is 2. The molecule has 2 aromatic rings. The van der Waals surface area contributed by atoms with Gasteiger partial charge in [-0.2, -0.15) is 0 Å². The number of piperidine rings is 1. The minimum Gasteiger partial charge on any atom is -0.371 e. The van der Waals surface area contributed by atoms with E-state index in [9.17, 15) is 9.59 Å². The molecule has 1 saturated carbocycles. The van der Waals surface area contributed by atoms with Gasteiger partial charge >= 0.3 is 0 Å². The van der Waals surface area contributed by atoms with Crippen molar-refractivity contribution in [3.63, 3.8) is 0 Å². The quantitative estimate of drug-likeness (QED) is 0.591. The molecule has 0 aromatic heterocycles. The molecule has 0 unspecified atom stereocenters. The first kappa shape index (κ1) is 25.8. The number of piperazine rings is 1. The number of para-hydroxylation sites is 1. The van der Waals surface area contributed by atoms with E-state index in [1.54, 1.807) is 0 Å². The van der Waals surface area contributed by atoms with E-state index < -0.39 is 0 Å². The lowest BCUT2D eigenvalue weighted by Crippen LogP contribution is -2.52. The summed E-state index contributed by atoms with van der Waals surface area (Å²) in [7, 11) is 0. The lowest BCUT2D eigenvalue weighted by Gasteiger charge is -2.40. The first-order valence-electron chi connectivity index (χ1n) is 14.4. The fraction of sp³-hybridized carbons (Fsp3) is 0.548. The van der Waals surface area contributed by atoms with Crippen molar-refractivity contribution >= 4 is 17.5 Å². The molecule has 198 valence electrons. The third kappa shape index (κ3) is 6.72. The predicted molar refractivity (Wildman–Crippen MR) is 149 cm³/mol. The molecule has 3 fully saturated rings. The normalized spacial score (nSPS) is 20.4. The molecule has 1 aliphatic carbocycles. The molecule has 2 amide bonds. The van der Waals surface area contributed by atoms with Crippen LogP contribution in [0, 0.1) is 0 Å². The molecule has 6 nitrogen and oxygen atoms in total. The van der Waals surface area contributed by atoms with Gasteiger partial charge in [-0.3, -0.25) is 14.5 Å². The fourth-order valence-corrected chi connectivity index (χ4v) is 6.34. The highest BCUT2D eigenvalue weighted by molar-refractivity contribution is 6.00. The van der Waals surface area contributed by atoms with Crippen LogP contribution < -0.4 is 10.2 Å². The second kappa shape index (κ2) is 12.6. The van der Waals surface area contributed by atoms with Crippen molar-refractivity contribution in [2.24, 2.45) is 0 Å². The highest BCUT2D eigenvalue weighted by atomic mass is 16.2. The van der Waals surface area contributed by atoms with Crippen LogP contribution in [-0.2, 0) is 11.2 Å². The fourth-order valence-electron chi connectivity index (χ4n) is 6.34. The van der Waals surface area contributed by atoms with E-state index in [1.165, 1.54) is 38.5 Å². The average molecular weight is 503 g/mol. The molecule has 2 heterocycles. The van der Waals surface area contributed by atoms with Crippen LogP contribution in [-0.4, -0.2) is 73.0 Å². The SMILES string of the molecule is O=C(Cc1ccccc1)NC1CCN(c2ccccc2C(=O)N2CCN(C3CCCCCC3)CC2)CC1. The van der Waals surface area contributed by atoms with E-state index in [0.717, 1.165) is 68.9 Å². The van der Waals surface area contributed by atoms with Crippen molar-refractivity contribution in [1.82, 2.24) is 15.1 Å². The van der Waals surface area contributed by atoms with E-state index in [2.05, 4.69) is 26.1 Å². The maximum absolute atomic E-state index is 13.6. The van der Waals surface area contributed by atoms with Crippen molar-refractivity contribution in [2.45, 2.75) is 69.9 Å². The molecule has 1 N–H and O–H groups in total. The first-order valence-corrected chi connectivity index (χ1v) is 14.4. The molecule has 5 rings (SSSR count). The lowest BCUT2D eigenvalue weighted by atomic mass is 10.0. The van der Waals surface area contributed by atoms with Crippen LogP contribution in [0.2, 0.25) is 0 Å². The standard InChI is InChI=1S/C31H42N4O2/c36-30(24-25-10-4-3-5-11-25)32-26-16-18-34(19-17-26)29-15-9-8-14-28(29)31(37)35-22-20-33(21-23-35)27-12-6-1-2-7-13-27/h3-5,8-11,14-15,26-27H,1-2,6-7,12-13,16-24H2,(H,32,36). The average Bonchev–Trinajstić information content (AvgIpc) is 3.24. The summed E-state index contributed by atoms with van der Waals surface area (Å²) in [6, 6.07) is 18.9. The Labute approximate surface area is 222 Å². The zero-order valence-corrected chi connectivity index (χ0v) is 22.1. The number of carbonyl (C=O) groups is 2. The molecule has 0 bridgehead atoms. The van der Waals surface area contributed by atoms with Crippen LogP contribution in [0.15, 0.2) is 54.6 Å². The molecule has 3 aliphatic rings. The van der Waals surface area contributed by atoms with Gasteiger partial charge < -0.3 is 15.1 Å². The van der Waals surface area contributed by atoms with Gasteiger partial charge in [0, 0.05) is 57.0 Å². The number of nitrogens with one attached hydrogen (secondary N) is 1. The Hall–Kier alpha value is -2.86. The summed E-state index contributed by atoms with van der Waals surface area (Å²) in [5, 5.41) is 3.22. The van der Waals surface area contributed by atoms with E-state index in [4.69, 9.17) is 0 Å². The molecular weight excluding hydrogens is 460 g/mol. The summed E-state index contributed by atoms with van der Waals surface area (Å²) in [6.07, 6.45) is 10.3. The maximum atomic E-state index is 13.6. The Balaban J connectivity index is 1.14. The second-order valence-corrected chi connectivity index (χ2v) is 11.0. The van der Waals surface area contributed by atoms with E-state index in [-0.39, 0.29) is 17.9 Å². The largest absolute Gasteiger partial charge is 0.371 e. The van der Waals surface area contributed by atoms with E-state index in [1.807, 2.05) is 48.5 Å². The summed E-state index contributed by atoms with van der Waals surface area (Å²) in [6.45, 7) is 5.31. The maximum Gasteiger partial charge on any atom is 0.256 e. The van der Waals surface area contributed by atoms with Gasteiger partial charge in [-0.05, 0) is 43.4 Å². The Bertz CT molecular complexity index is 1020. The van der Waals surface area contributed by atoms with Crippen LogP contribution >= 0.6 is 0 Å². The first-order chi connectivity index (χ1) is 18.2. The van der Waals surface area contributed by atoms with Crippen LogP contribution in [0.5, 0.6) is 0 Å². The number of anilines is 1. The summed E-state index contributed by atoms with van der Waals surface area (Å²) in [4.78, 5) is 33.1. The van der Waals surface area contributed by atoms with Crippen molar-refractivity contribution in [3.05, 3.63) is 65.7 Å². The van der Waals surface area contributed by atoms with Gasteiger partial charge in [0.25, 0.3) is 5.91 Å². The van der Waals surface area contributed by atoms with Crippen molar-refractivity contribution in [2.75, 3.05) is 44.2 Å². The number of carbonyl (C=O) groups excluding carboxylic acids is 2. The second-order valence-electron chi connectivity index (χ2n) is 11.0. The third-order valence-corrected chi connectivity index (χ3v) is 8.49. The molecule has 37 heavy (non-hydrogen) atoms. The Morgan fingerprint density at radius 3 is 2.08 bits per heavy atom. The van der Waals surface area contributed by atoms with Gasteiger partial charge in [0.1, 0.15) is 0 Å². The van der Waals surface area contributed by atoms with Crippen molar-refractivity contribution in [3.8, 4) is 0 Å². The van der Waals surface area contributed by atoms with Gasteiger partial charge in [0.2, 0.25) is 5.91 Å². The molecular formula is C31H42N4O2. The van der Waals surface area contributed by atoms with Gasteiger partial charge in [-0.1, -0.05) is 68.1 Å². The number of nitrogens with zero attached hydrogens (tertiary/aromatic N) is 3. The molecule has 2 aromatic carbocycles. The van der Waals surface area contributed by atoms with Gasteiger partial charge in [-0.15, -0.1) is 0 Å². The number of rotatable bonds is 6. The summed E-state index contributed by atoms with van der Waals surface area (Å²) < 4.78 is 0. The minimum absolute atomic E-state index is 0.0863. The van der Waals surface area contributed by atoms with Gasteiger partial charge in [-0.25, -0.2) is 0 Å². The topological polar surface area (TPSA) is 55.9 Å². The molecule has 2 saturated heterocycles. The lowest BCUT2D eigenvalue weighted by molar-refractivity contribution is -0.121.